The van der Waals surface area contributed by atoms with Crippen molar-refractivity contribution in [1.82, 2.24) is 65.8 Å². The van der Waals surface area contributed by atoms with Crippen LogP contribution in [0.2, 0.25) is 0 Å². The number of ketones is 2. The summed E-state index contributed by atoms with van der Waals surface area (Å²) in [6, 6.07) is -13.9. The number of rotatable bonds is 28. The molecule has 0 aromatic heterocycles. The number of alkyl halides is 1. The molecule has 0 aromatic rings. The number of likely N-dealkylation sites (N-methyl/N-ethyl adjacent to an activating group) is 8. The van der Waals surface area contributed by atoms with Crippen LogP contribution in [0.5, 0.6) is 0 Å². The maximum atomic E-state index is 17.7. The van der Waals surface area contributed by atoms with Gasteiger partial charge in [-0.25, -0.2) is 9.18 Å². The molecule has 20 atom stereocenters. The van der Waals surface area contributed by atoms with E-state index in [1.165, 1.54) is 103 Å². The first-order valence-corrected chi connectivity index (χ1v) is 46.6. The molecule has 133 heavy (non-hydrogen) atoms. The van der Waals surface area contributed by atoms with Gasteiger partial charge < -0.3 is 94.9 Å². The van der Waals surface area contributed by atoms with Gasteiger partial charge in [-0.1, -0.05) is 135 Å². The first-order valence-electron chi connectivity index (χ1n) is 46.6. The first-order chi connectivity index (χ1) is 61.7. The Morgan fingerprint density at radius 3 is 1.65 bits per heavy atom. The smallest absolute Gasteiger partial charge is 0.410 e. The van der Waals surface area contributed by atoms with Gasteiger partial charge in [-0.05, 0) is 157 Å². The van der Waals surface area contributed by atoms with Crippen molar-refractivity contribution in [3.63, 3.8) is 0 Å². The van der Waals surface area contributed by atoms with Crippen molar-refractivity contribution in [3.8, 4) is 0 Å². The number of hydrogen-bond acceptors (Lipinski definition) is 24. The molecule has 1 aliphatic heterocycles. The maximum absolute atomic E-state index is 17.7. The fourth-order valence-electron chi connectivity index (χ4n) is 19.5. The van der Waals surface area contributed by atoms with Gasteiger partial charge in [-0.3, -0.25) is 81.5 Å². The van der Waals surface area contributed by atoms with E-state index in [2.05, 4.69) is 26.6 Å². The minimum Gasteiger partial charge on any atom is -0.458 e. The topological polar surface area (TPSA) is 471 Å². The number of hydrogen-bond donors (Lipinski definition) is 7. The number of nitrogens with zero attached hydrogens (tertiary/aromatic N) is 8. The second-order valence-electron chi connectivity index (χ2n) is 40.0. The van der Waals surface area contributed by atoms with Crippen molar-refractivity contribution in [3.05, 3.63) is 36.0 Å². The summed E-state index contributed by atoms with van der Waals surface area (Å²) in [6.45, 7) is 29.4. The van der Waals surface area contributed by atoms with Crippen LogP contribution < -0.4 is 26.6 Å². The Bertz CT molecular complexity index is 4340. The molecule has 5 aliphatic rings. The SMILES string of the molecule is C/C=C/C[C@@H](C)[C@@H](OC(=O)CN(C)C(=O)CNC(=O)OCOC(=O)CCC(=O)OCC(=O)[C@@]1(O)[C@H](C)CC2C3CCC4=CC(=O)C=C[C@]4(C)[C@@]3(F)[C@@H](O)C[C@@]21C)[C@@H]1C(=O)N[C@@H](CC)C(=O)N(C)CC(=O)N(C)[C@@H](CC(C)C)C(=O)N[C@@H](C(C)C)C(=O)N(C)[C@@H](CC(C)C)C(=O)N[C@H](C)C(=O)N[C@H](C)C(=O)N(C)[C@@H](CC(C)C)C(=O)N(C)[C@H](CC(C)C)C(=O)N(C)[C@H](C(C)C)C(=O)N1C. The fraction of sp³-hybridized carbons (Fsp3) is 0.747. The number of carbonyl (C=O) groups excluding carboxylic acids is 18. The van der Waals surface area contributed by atoms with Gasteiger partial charge >= 0.3 is 24.0 Å². The number of ether oxygens (including phenoxy) is 4. The molecule has 0 aromatic carbocycles. The van der Waals surface area contributed by atoms with Gasteiger partial charge in [0.05, 0.1) is 25.5 Å². The van der Waals surface area contributed by atoms with Crippen LogP contribution in [0.4, 0.5) is 9.18 Å². The molecule has 1 heterocycles. The van der Waals surface area contributed by atoms with Gasteiger partial charge in [-0.2, -0.15) is 0 Å². The lowest BCUT2D eigenvalue weighted by molar-refractivity contribution is -0.220. The molecule has 1 saturated heterocycles. The highest BCUT2D eigenvalue weighted by Crippen LogP contribution is 2.71. The third-order valence-corrected chi connectivity index (χ3v) is 27.4. The van der Waals surface area contributed by atoms with E-state index in [4.69, 9.17) is 18.9 Å². The Hall–Kier alpha value is -10.3. The van der Waals surface area contributed by atoms with Gasteiger partial charge in [0.2, 0.25) is 83.5 Å². The Labute approximate surface area is 783 Å². The number of fused-ring (bicyclic) bond motifs is 5. The lowest BCUT2D eigenvalue weighted by atomic mass is 9.44. The van der Waals surface area contributed by atoms with Gasteiger partial charge in [-0.15, -0.1) is 0 Å². The van der Waals surface area contributed by atoms with Crippen LogP contribution >= 0.6 is 0 Å². The number of aliphatic hydroxyl groups is 2. The molecule has 0 spiro atoms. The number of Topliss-reactive ketones (excluding diaryl/α,β-unsaturated/α-hetero) is 1. The molecule has 4 aliphatic carbocycles. The summed E-state index contributed by atoms with van der Waals surface area (Å²) in [5.41, 5.74) is -6.49. The number of aliphatic hydroxyl groups excluding tert-OH is 1. The van der Waals surface area contributed by atoms with Gasteiger partial charge in [0, 0.05) is 73.1 Å². The number of esters is 3. The maximum Gasteiger partial charge on any atom is 0.410 e. The molecular formula is C95H152FN13O24. The van der Waals surface area contributed by atoms with E-state index >= 15 is 23.6 Å². The van der Waals surface area contributed by atoms with Gasteiger partial charge in [0.15, 0.2) is 18.1 Å². The molecule has 3 saturated carbocycles. The summed E-state index contributed by atoms with van der Waals surface area (Å²) in [6.07, 6.45) is 2.29. The van der Waals surface area contributed by atoms with Crippen LogP contribution in [0.1, 0.15) is 216 Å². The zero-order chi connectivity index (χ0) is 101. The second kappa shape index (κ2) is 48.3. The van der Waals surface area contributed by atoms with E-state index < -0.39 is 277 Å². The average molecular weight is 1880 g/mol. The van der Waals surface area contributed by atoms with E-state index in [1.54, 1.807) is 81.4 Å². The molecule has 0 bridgehead atoms. The highest BCUT2D eigenvalue weighted by Gasteiger charge is 2.76. The van der Waals surface area contributed by atoms with E-state index in [1.807, 2.05) is 55.4 Å². The van der Waals surface area contributed by atoms with Crippen molar-refractivity contribution in [1.29, 1.82) is 0 Å². The van der Waals surface area contributed by atoms with Crippen LogP contribution in [-0.2, 0) is 100 Å². The van der Waals surface area contributed by atoms with Crippen molar-refractivity contribution >= 4 is 106 Å². The summed E-state index contributed by atoms with van der Waals surface area (Å²) in [4.78, 5) is 267. The summed E-state index contributed by atoms with van der Waals surface area (Å²) < 4.78 is 39.1. The van der Waals surface area contributed by atoms with E-state index in [-0.39, 0.29) is 87.2 Å². The highest BCUT2D eigenvalue weighted by atomic mass is 19.1. The summed E-state index contributed by atoms with van der Waals surface area (Å²) >= 11 is 0. The largest absolute Gasteiger partial charge is 0.458 e. The Morgan fingerprint density at radius 2 is 1.11 bits per heavy atom. The van der Waals surface area contributed by atoms with E-state index in [0.717, 1.165) is 24.5 Å². The minimum absolute atomic E-state index is 0.0138. The first kappa shape index (κ1) is 113. The van der Waals surface area contributed by atoms with Crippen LogP contribution in [0.25, 0.3) is 0 Å². The third-order valence-electron chi connectivity index (χ3n) is 27.4. The lowest BCUT2D eigenvalue weighted by Gasteiger charge is -2.62. The molecule has 0 radical (unpaired) electrons. The predicted octanol–water partition coefficient (Wildman–Crippen LogP) is 4.75. The Balaban J connectivity index is 1.43. The monoisotopic (exact) mass is 1880 g/mol. The predicted molar refractivity (Wildman–Crippen MR) is 488 cm³/mol. The minimum atomic E-state index is -2.22. The third kappa shape index (κ3) is 26.9. The zero-order valence-electron chi connectivity index (χ0n) is 83.4. The standard InChI is InChI=1S/C95H152FN13O24/c1-29-31-32-57(15)80(133-76(117)48-102(21)72(113)46-97-91(128)132-50-131-75(116)36-35-74(115)130-49-71(112)95(129)58(16)43-64-63-34-33-61-44-62(110)37-38-92(61,19)94(63,96)70(111)45-93(64,95)20)79-84(121)100-65(30-2)86(123)103(22)47-73(114)104(23)66(39-51(3)4)83(120)101-77(55(11)12)89(126)105(24)67(40-52(5)6)82(119)98-59(17)81(118)99-60(18)85(122)106(25)68(41-53(7)8)87(124)107(26)69(42-54(9)10)88(125)108(27)78(56(13)14)90(127)109(79)28/h29,31,37-38,44,51-60,63-70,77-80,111,129H,30,32-36,39-43,45-50H2,1-28H3,(H,97,128)(H,98,119)(H,99,118)(H,100,121)(H,101,120)/b31-29+/t57-,58-,59-,60-,63?,64?,65+,66+,67+,68+,69-,70+,77+,78-,79-,80-,92+,93+,94+,95+/m1/s1. The van der Waals surface area contributed by atoms with Crippen molar-refractivity contribution in [2.24, 2.45) is 70.0 Å². The number of alkyl carbamates (subject to hydrolysis) is 1. The lowest BCUT2D eigenvalue weighted by Crippen LogP contribution is -2.69. The molecular weight excluding hydrogens is 1730 g/mol. The fourth-order valence-corrected chi connectivity index (χ4v) is 19.5. The van der Waals surface area contributed by atoms with E-state index in [9.17, 15) is 77.3 Å². The quantitative estimate of drug-likeness (QED) is 0.0240. The van der Waals surface area contributed by atoms with Crippen LogP contribution in [0, 0.1) is 70.0 Å². The van der Waals surface area contributed by atoms with Crippen molar-refractivity contribution < 1.29 is 120 Å². The average Bonchev–Trinajstić information content (AvgIpc) is 1.58. The molecule has 7 N–H and O–H groups in total. The Kier molecular flexibility index (Phi) is 41.1. The molecule has 5 rings (SSSR count). The Morgan fingerprint density at radius 1 is 0.602 bits per heavy atom. The summed E-state index contributed by atoms with van der Waals surface area (Å²) in [5, 5.41) is 37.2. The molecule has 13 amide bonds. The van der Waals surface area contributed by atoms with Crippen LogP contribution in [0.15, 0.2) is 36.0 Å². The molecule has 4 fully saturated rings. The molecule has 748 valence electrons. The van der Waals surface area contributed by atoms with Crippen molar-refractivity contribution in [2.45, 2.75) is 299 Å². The van der Waals surface area contributed by atoms with Gasteiger partial charge in [0.25, 0.3) is 0 Å². The number of nitrogens with one attached hydrogen (secondary N) is 5. The van der Waals surface area contributed by atoms with E-state index in [0.29, 0.717) is 12.0 Å². The van der Waals surface area contributed by atoms with Crippen LogP contribution in [0.3, 0.4) is 0 Å². The molecule has 37 nitrogen and oxygen atoms in total. The zero-order valence-corrected chi connectivity index (χ0v) is 83.4. The van der Waals surface area contributed by atoms with Crippen LogP contribution in [-0.4, -0.2) is 329 Å². The van der Waals surface area contributed by atoms with Crippen molar-refractivity contribution in [2.75, 3.05) is 89.4 Å². The number of allylic oxidation sites excluding steroid dienone is 6. The number of amides is 13. The number of carbonyl (C=O) groups is 18. The molecule has 2 unspecified atom stereocenters. The summed E-state index contributed by atoms with van der Waals surface area (Å²) in [7, 11) is 10.6. The summed E-state index contributed by atoms with van der Waals surface area (Å²) in [5.74, 6) is -19.5. The van der Waals surface area contributed by atoms with Gasteiger partial charge in [0.1, 0.15) is 85.2 Å². The normalized spacial score (nSPS) is 29.9. The molecule has 38 heteroatoms. The highest BCUT2D eigenvalue weighted by molar-refractivity contribution is 6.02. The second-order valence-corrected chi connectivity index (χ2v) is 40.0. The number of halogens is 1.